The van der Waals surface area contributed by atoms with Crippen LogP contribution in [0.3, 0.4) is 0 Å². The second kappa shape index (κ2) is 4.61. The second-order valence-corrected chi connectivity index (χ2v) is 5.49. The van der Waals surface area contributed by atoms with E-state index in [2.05, 4.69) is 4.98 Å². The van der Waals surface area contributed by atoms with E-state index in [9.17, 15) is 4.79 Å². The molecular weight excluding hydrogens is 252 g/mol. The Morgan fingerprint density at radius 1 is 1.50 bits per heavy atom. The number of carbonyl (C=O) groups excluding carboxylic acids is 1. The van der Waals surface area contributed by atoms with Gasteiger partial charge < -0.3 is 9.14 Å². The molecule has 2 aromatic rings. The molecule has 0 aliphatic carbocycles. The van der Waals surface area contributed by atoms with Crippen LogP contribution in [0.5, 0.6) is 0 Å². The number of carbonyl (C=O) groups is 1. The Morgan fingerprint density at radius 2 is 2.22 bits per heavy atom. The number of rotatable bonds is 2. The topological polar surface area (TPSA) is 43.6 Å². The Bertz CT molecular complexity index is 584. The summed E-state index contributed by atoms with van der Waals surface area (Å²) in [7, 11) is 0. The third-order valence-electron chi connectivity index (χ3n) is 2.23. The number of aromatic nitrogens is 2. The van der Waals surface area contributed by atoms with Crippen LogP contribution in [0.25, 0.3) is 5.65 Å². The highest BCUT2D eigenvalue weighted by Gasteiger charge is 2.17. The molecule has 5 heteroatoms. The first-order valence-electron chi connectivity index (χ1n) is 5.69. The number of hydrogen-bond acceptors (Lipinski definition) is 3. The van der Waals surface area contributed by atoms with Gasteiger partial charge in [-0.25, -0.2) is 4.98 Å². The molecule has 2 aromatic heterocycles. The first-order chi connectivity index (χ1) is 8.35. The molecule has 0 amide bonds. The molecule has 0 aliphatic heterocycles. The van der Waals surface area contributed by atoms with Gasteiger partial charge in [-0.15, -0.1) is 0 Å². The largest absolute Gasteiger partial charge is 0.460 e. The van der Waals surface area contributed by atoms with Gasteiger partial charge in [0, 0.05) is 12.4 Å². The van der Waals surface area contributed by atoms with Crippen molar-refractivity contribution in [1.82, 2.24) is 9.38 Å². The van der Waals surface area contributed by atoms with Crippen molar-refractivity contribution in [3.05, 3.63) is 35.2 Å². The maximum atomic E-state index is 11.7. The molecule has 0 aromatic carbocycles. The van der Waals surface area contributed by atoms with Crippen molar-refractivity contribution in [2.75, 3.05) is 0 Å². The zero-order valence-electron chi connectivity index (χ0n) is 10.6. The fourth-order valence-electron chi connectivity index (χ4n) is 1.64. The van der Waals surface area contributed by atoms with E-state index in [4.69, 9.17) is 16.3 Å². The summed E-state index contributed by atoms with van der Waals surface area (Å²) in [5.41, 5.74) is 0.823. The van der Waals surface area contributed by atoms with Gasteiger partial charge in [-0.1, -0.05) is 11.6 Å². The molecular formula is C13H15ClN2O2. The van der Waals surface area contributed by atoms with Crippen molar-refractivity contribution < 1.29 is 9.53 Å². The number of ether oxygens (including phenoxy) is 1. The van der Waals surface area contributed by atoms with Crippen molar-refractivity contribution in [2.24, 2.45) is 0 Å². The highest BCUT2D eigenvalue weighted by Crippen LogP contribution is 2.17. The Labute approximate surface area is 111 Å². The molecule has 0 saturated heterocycles. The summed E-state index contributed by atoms with van der Waals surface area (Å²) in [6.45, 7) is 5.52. The van der Waals surface area contributed by atoms with E-state index in [0.717, 1.165) is 0 Å². The van der Waals surface area contributed by atoms with Gasteiger partial charge >= 0.3 is 5.97 Å². The van der Waals surface area contributed by atoms with Gasteiger partial charge in [0.25, 0.3) is 0 Å². The van der Waals surface area contributed by atoms with Gasteiger partial charge in [0.05, 0.1) is 17.1 Å². The molecule has 96 valence electrons. The lowest BCUT2D eigenvalue weighted by Crippen LogP contribution is -2.24. The number of fused-ring (bicyclic) bond motifs is 1. The van der Waals surface area contributed by atoms with Crippen LogP contribution in [0.2, 0.25) is 5.02 Å². The quantitative estimate of drug-likeness (QED) is 0.785. The lowest BCUT2D eigenvalue weighted by atomic mass is 10.2. The number of pyridine rings is 1. The number of hydrogen-bond donors (Lipinski definition) is 0. The summed E-state index contributed by atoms with van der Waals surface area (Å²) in [6.07, 6.45) is 3.77. The molecule has 2 rings (SSSR count). The summed E-state index contributed by atoms with van der Waals surface area (Å²) in [5, 5.41) is 0.563. The minimum Gasteiger partial charge on any atom is -0.460 e. The number of halogens is 1. The fraction of sp³-hybridized carbons (Fsp3) is 0.385. The molecule has 0 bridgehead atoms. The normalized spacial score (nSPS) is 11.8. The van der Waals surface area contributed by atoms with Gasteiger partial charge in [-0.05, 0) is 32.9 Å². The second-order valence-electron chi connectivity index (χ2n) is 5.08. The lowest BCUT2D eigenvalue weighted by Gasteiger charge is -2.18. The van der Waals surface area contributed by atoms with E-state index >= 15 is 0 Å². The highest BCUT2D eigenvalue weighted by molar-refractivity contribution is 6.33. The van der Waals surface area contributed by atoms with E-state index in [0.29, 0.717) is 16.4 Å². The van der Waals surface area contributed by atoms with Gasteiger partial charge in [0.1, 0.15) is 5.60 Å². The van der Waals surface area contributed by atoms with E-state index < -0.39 is 5.60 Å². The number of imidazole rings is 1. The fourth-order valence-corrected chi connectivity index (χ4v) is 1.85. The van der Waals surface area contributed by atoms with Crippen LogP contribution >= 0.6 is 11.6 Å². The standard InChI is InChI=1S/C13H15ClN2O2/c1-13(2,3)18-11(17)7-9-8-16-6-4-5-10(14)12(16)15-9/h4-6,8H,7H2,1-3H3. The van der Waals surface area contributed by atoms with Crippen LogP contribution in [0.4, 0.5) is 0 Å². The third kappa shape index (κ3) is 3.01. The molecule has 0 saturated carbocycles. The van der Waals surface area contributed by atoms with Gasteiger partial charge in [0.2, 0.25) is 0 Å². The van der Waals surface area contributed by atoms with Crippen molar-refractivity contribution in [3.63, 3.8) is 0 Å². The average Bonchev–Trinajstić information content (AvgIpc) is 2.58. The Hall–Kier alpha value is -1.55. The van der Waals surface area contributed by atoms with E-state index in [1.165, 1.54) is 0 Å². The van der Waals surface area contributed by atoms with Crippen molar-refractivity contribution in [3.8, 4) is 0 Å². The minimum absolute atomic E-state index is 0.148. The van der Waals surface area contributed by atoms with Crippen LogP contribution in [0.15, 0.2) is 24.5 Å². The van der Waals surface area contributed by atoms with Gasteiger partial charge in [-0.2, -0.15) is 0 Å². The molecule has 0 fully saturated rings. The minimum atomic E-state index is -0.478. The van der Waals surface area contributed by atoms with Crippen molar-refractivity contribution in [2.45, 2.75) is 32.8 Å². The predicted molar refractivity (Wildman–Crippen MR) is 69.8 cm³/mol. The van der Waals surface area contributed by atoms with E-state index in [1.54, 1.807) is 16.7 Å². The van der Waals surface area contributed by atoms with E-state index in [-0.39, 0.29) is 12.4 Å². The zero-order valence-corrected chi connectivity index (χ0v) is 11.4. The van der Waals surface area contributed by atoms with Crippen LogP contribution in [0.1, 0.15) is 26.5 Å². The first kappa shape index (κ1) is 12.9. The molecule has 4 nitrogen and oxygen atoms in total. The average molecular weight is 267 g/mol. The smallest absolute Gasteiger partial charge is 0.312 e. The maximum Gasteiger partial charge on any atom is 0.312 e. The molecule has 0 N–H and O–H groups in total. The molecule has 0 aliphatic rings. The van der Waals surface area contributed by atoms with Crippen LogP contribution in [0, 0.1) is 0 Å². The molecule has 0 radical (unpaired) electrons. The van der Waals surface area contributed by atoms with Crippen molar-refractivity contribution >= 4 is 23.2 Å². The van der Waals surface area contributed by atoms with Crippen LogP contribution < -0.4 is 0 Å². The molecule has 0 atom stereocenters. The zero-order chi connectivity index (χ0) is 13.3. The SMILES string of the molecule is CC(C)(C)OC(=O)Cc1cn2cccc(Cl)c2n1. The monoisotopic (exact) mass is 266 g/mol. The summed E-state index contributed by atoms with van der Waals surface area (Å²) in [4.78, 5) is 16.0. The van der Waals surface area contributed by atoms with Crippen LogP contribution in [-0.4, -0.2) is 21.0 Å². The molecule has 0 unspecified atom stereocenters. The summed E-state index contributed by atoms with van der Waals surface area (Å²) >= 11 is 6.01. The van der Waals surface area contributed by atoms with E-state index in [1.807, 2.05) is 33.0 Å². The Kier molecular flexibility index (Phi) is 3.30. The summed E-state index contributed by atoms with van der Waals surface area (Å²) < 4.78 is 7.04. The Balaban J connectivity index is 2.18. The predicted octanol–water partition coefficient (Wildman–Crippen LogP) is 2.87. The highest BCUT2D eigenvalue weighted by atomic mass is 35.5. The Morgan fingerprint density at radius 3 is 2.83 bits per heavy atom. The van der Waals surface area contributed by atoms with Gasteiger partial charge in [-0.3, -0.25) is 4.79 Å². The summed E-state index contributed by atoms with van der Waals surface area (Å²) in [6, 6.07) is 3.59. The van der Waals surface area contributed by atoms with Crippen LogP contribution in [-0.2, 0) is 16.0 Å². The molecule has 2 heterocycles. The number of esters is 1. The molecule has 18 heavy (non-hydrogen) atoms. The number of nitrogens with zero attached hydrogens (tertiary/aromatic N) is 2. The lowest BCUT2D eigenvalue weighted by molar-refractivity contribution is -0.153. The molecule has 0 spiro atoms. The third-order valence-corrected chi connectivity index (χ3v) is 2.53. The summed E-state index contributed by atoms with van der Waals surface area (Å²) in [5.74, 6) is -0.290. The van der Waals surface area contributed by atoms with Gasteiger partial charge in [0.15, 0.2) is 5.65 Å². The van der Waals surface area contributed by atoms with Crippen molar-refractivity contribution in [1.29, 1.82) is 0 Å². The maximum absolute atomic E-state index is 11.7. The first-order valence-corrected chi connectivity index (χ1v) is 6.07.